The number of rotatable bonds is 10. The molecule has 5 aromatic rings. The minimum absolute atomic E-state index is 0.0558. The second-order valence-electron chi connectivity index (χ2n) is 14.4. The molecule has 2 aromatic carbocycles. The molecule has 1 fully saturated rings. The van der Waals surface area contributed by atoms with Gasteiger partial charge in [-0.2, -0.15) is 32.1 Å². The number of alkyl halides is 6. The number of aromatic nitrogens is 5. The highest BCUT2D eigenvalue weighted by atomic mass is 35.5. The Balaban J connectivity index is 1.40. The maximum absolute atomic E-state index is 15.4. The van der Waals surface area contributed by atoms with Gasteiger partial charge in [-0.1, -0.05) is 23.6 Å². The van der Waals surface area contributed by atoms with Gasteiger partial charge in [-0.15, -0.1) is 0 Å². The van der Waals surface area contributed by atoms with Crippen molar-refractivity contribution in [1.29, 1.82) is 0 Å². The van der Waals surface area contributed by atoms with Gasteiger partial charge in [-0.25, -0.2) is 26.6 Å². The average Bonchev–Trinajstić information content (AvgIpc) is 3.65. The number of benzene rings is 2. The van der Waals surface area contributed by atoms with Crippen LogP contribution >= 0.6 is 11.6 Å². The van der Waals surface area contributed by atoms with E-state index in [1.54, 1.807) is 0 Å². The van der Waals surface area contributed by atoms with E-state index in [4.69, 9.17) is 11.6 Å². The number of hydrogen-bond donors (Lipinski definition) is 3. The minimum atomic E-state index is -5.11. The van der Waals surface area contributed by atoms with Crippen LogP contribution in [0.25, 0.3) is 22.0 Å². The van der Waals surface area contributed by atoms with Gasteiger partial charge in [0.2, 0.25) is 15.9 Å². The number of aryl methyl sites for hydroxylation is 1. The van der Waals surface area contributed by atoms with E-state index in [1.165, 1.54) is 36.0 Å². The van der Waals surface area contributed by atoms with E-state index >= 15 is 8.78 Å². The lowest BCUT2D eigenvalue weighted by Gasteiger charge is -2.23. The second kappa shape index (κ2) is 14.2. The number of nitrogens with zero attached hydrogens (tertiary/aromatic N) is 5. The first-order valence-corrected chi connectivity index (χ1v) is 19.5. The zero-order valence-electron chi connectivity index (χ0n) is 30.3. The van der Waals surface area contributed by atoms with Gasteiger partial charge >= 0.3 is 6.18 Å². The fraction of sp³-hybridized carbons (Fsp3) is 0.351. The number of pyridine rings is 1. The standard InChI is InChI=1S/C37H30ClF8N7O4S/c1-35(55,16-39)9-8-20-4-5-21(22-6-7-25(38)29-31(22)52(2)50-34(29)51-58(3,56)57)30(47-20)26(12-17-10-18(40)13-19(41)11-17)48-27(54)15-53-33-28(32(49-53)37(44,45)46)23-14-24(23)36(33,42)43/h4-7,10-11,13,23-24,26,55H,12,14-16H2,1-3H3,(H,48,54)(H,50,51)/t23-,24+,26?,35?/m0/s1. The average molecular weight is 856 g/mol. The Kier molecular flexibility index (Phi) is 10.0. The molecule has 0 aliphatic heterocycles. The third-order valence-electron chi connectivity index (χ3n) is 9.68. The van der Waals surface area contributed by atoms with Crippen molar-refractivity contribution >= 4 is 44.3 Å². The van der Waals surface area contributed by atoms with Crippen LogP contribution in [0.5, 0.6) is 0 Å². The lowest BCUT2D eigenvalue weighted by molar-refractivity contribution is -0.142. The van der Waals surface area contributed by atoms with Crippen molar-refractivity contribution in [2.75, 3.05) is 17.7 Å². The van der Waals surface area contributed by atoms with E-state index in [0.29, 0.717) is 10.7 Å². The summed E-state index contributed by atoms with van der Waals surface area (Å²) in [6, 6.07) is 6.69. The normalized spacial score (nSPS) is 18.5. The molecule has 58 heavy (non-hydrogen) atoms. The van der Waals surface area contributed by atoms with Crippen molar-refractivity contribution < 1.29 is 53.4 Å². The molecule has 1 amide bonds. The largest absolute Gasteiger partial charge is 0.435 e. The summed E-state index contributed by atoms with van der Waals surface area (Å²) < 4.78 is 144. The van der Waals surface area contributed by atoms with Crippen molar-refractivity contribution in [1.82, 2.24) is 29.9 Å². The molecule has 3 aromatic heterocycles. The van der Waals surface area contributed by atoms with E-state index in [-0.39, 0.29) is 56.2 Å². The number of halogens is 9. The molecule has 306 valence electrons. The molecule has 11 nitrogen and oxygen atoms in total. The molecule has 0 bridgehead atoms. The fourth-order valence-electron chi connectivity index (χ4n) is 7.26. The van der Waals surface area contributed by atoms with Crippen molar-refractivity contribution in [2.45, 2.75) is 56.0 Å². The van der Waals surface area contributed by atoms with Crippen LogP contribution in [0.15, 0.2) is 42.5 Å². The Morgan fingerprint density at radius 1 is 1.10 bits per heavy atom. The van der Waals surface area contributed by atoms with E-state index in [1.807, 2.05) is 0 Å². The molecule has 3 N–H and O–H groups in total. The molecule has 21 heteroatoms. The molecule has 0 radical (unpaired) electrons. The summed E-state index contributed by atoms with van der Waals surface area (Å²) in [6.07, 6.45) is -4.86. The van der Waals surface area contributed by atoms with Crippen LogP contribution in [-0.4, -0.2) is 62.5 Å². The van der Waals surface area contributed by atoms with Crippen LogP contribution in [0, 0.1) is 29.4 Å². The van der Waals surface area contributed by atoms with Crippen molar-refractivity contribution in [2.24, 2.45) is 13.0 Å². The highest BCUT2D eigenvalue weighted by Gasteiger charge is 2.68. The van der Waals surface area contributed by atoms with Crippen molar-refractivity contribution in [3.63, 3.8) is 0 Å². The summed E-state index contributed by atoms with van der Waals surface area (Å²) in [4.78, 5) is 18.5. The zero-order valence-corrected chi connectivity index (χ0v) is 31.9. The number of amides is 1. The molecule has 1 saturated carbocycles. The highest BCUT2D eigenvalue weighted by molar-refractivity contribution is 7.92. The van der Waals surface area contributed by atoms with Crippen LogP contribution in [0.2, 0.25) is 5.02 Å². The Morgan fingerprint density at radius 3 is 2.41 bits per heavy atom. The van der Waals surface area contributed by atoms with Crippen LogP contribution < -0.4 is 10.0 Å². The lowest BCUT2D eigenvalue weighted by atomic mass is 9.93. The summed E-state index contributed by atoms with van der Waals surface area (Å²) in [5.74, 6) is -4.64. The van der Waals surface area contributed by atoms with Gasteiger partial charge in [0.25, 0.3) is 5.92 Å². The molecule has 2 aliphatic rings. The third-order valence-corrected chi connectivity index (χ3v) is 10.6. The molecule has 4 atom stereocenters. The molecule has 3 heterocycles. The van der Waals surface area contributed by atoms with Crippen molar-refractivity contribution in [3.05, 3.63) is 93.0 Å². The van der Waals surface area contributed by atoms with Crippen LogP contribution in [0.4, 0.5) is 40.9 Å². The SMILES string of the molecule is Cn1nc(NS(C)(=O)=O)c2c(Cl)ccc(-c3ccc(C#CC(C)(O)CF)nc3C(Cc3cc(F)cc(F)c3)NC(=O)Cn3nc(C(F)(F)F)c4c3C(F)(F)[C@@H]3C[C@H]43)c21. The quantitative estimate of drug-likeness (QED) is 0.107. The molecular formula is C37H30ClF8N7O4S. The van der Waals surface area contributed by atoms with Gasteiger partial charge in [-0.05, 0) is 67.5 Å². The van der Waals surface area contributed by atoms with Gasteiger partial charge in [0.1, 0.15) is 36.2 Å². The van der Waals surface area contributed by atoms with Gasteiger partial charge in [0.15, 0.2) is 17.1 Å². The second-order valence-corrected chi connectivity index (χ2v) is 16.5. The number of carbonyl (C=O) groups excluding carboxylic acids is 1. The van der Waals surface area contributed by atoms with Crippen LogP contribution in [0.1, 0.15) is 59.2 Å². The van der Waals surface area contributed by atoms with Crippen LogP contribution in [0.3, 0.4) is 0 Å². The summed E-state index contributed by atoms with van der Waals surface area (Å²) in [5, 5.41) is 20.6. The molecule has 2 unspecified atom stereocenters. The number of hydrogen-bond acceptors (Lipinski definition) is 7. The fourth-order valence-corrected chi connectivity index (χ4v) is 8.00. The number of fused-ring (bicyclic) bond motifs is 4. The van der Waals surface area contributed by atoms with E-state index < -0.39 is 99.7 Å². The van der Waals surface area contributed by atoms with Crippen molar-refractivity contribution in [3.8, 4) is 23.0 Å². The number of aliphatic hydroxyl groups is 1. The Labute approximate surface area is 329 Å². The first-order valence-electron chi connectivity index (χ1n) is 17.2. The zero-order chi connectivity index (χ0) is 42.3. The Morgan fingerprint density at radius 2 is 1.78 bits per heavy atom. The summed E-state index contributed by atoms with van der Waals surface area (Å²) in [5.41, 5.74) is -5.04. The molecule has 7 rings (SSSR count). The minimum Gasteiger partial charge on any atom is -0.375 e. The Hall–Kier alpha value is -5.26. The molecule has 0 saturated heterocycles. The monoisotopic (exact) mass is 855 g/mol. The smallest absolute Gasteiger partial charge is 0.375 e. The first-order chi connectivity index (χ1) is 27.0. The number of nitrogens with one attached hydrogen (secondary N) is 2. The third kappa shape index (κ3) is 7.82. The molecular weight excluding hydrogens is 826 g/mol. The predicted octanol–water partition coefficient (Wildman–Crippen LogP) is 6.53. The van der Waals surface area contributed by atoms with Gasteiger partial charge in [0.05, 0.1) is 33.9 Å². The van der Waals surface area contributed by atoms with E-state index in [0.717, 1.165) is 25.3 Å². The molecule has 0 spiro atoms. The van der Waals surface area contributed by atoms with E-state index in [2.05, 4.69) is 37.1 Å². The van der Waals surface area contributed by atoms with Gasteiger partial charge in [-0.3, -0.25) is 18.9 Å². The number of carbonyl (C=O) groups is 1. The van der Waals surface area contributed by atoms with E-state index in [9.17, 15) is 44.7 Å². The van der Waals surface area contributed by atoms with Gasteiger partial charge in [0, 0.05) is 35.7 Å². The first kappa shape index (κ1) is 40.9. The number of anilines is 1. The summed E-state index contributed by atoms with van der Waals surface area (Å²) in [7, 11) is -2.42. The van der Waals surface area contributed by atoms with Crippen LogP contribution in [-0.2, 0) is 46.9 Å². The van der Waals surface area contributed by atoms with Gasteiger partial charge < -0.3 is 10.4 Å². The number of sulfonamides is 1. The Bertz CT molecular complexity index is 2670. The maximum atomic E-state index is 15.4. The summed E-state index contributed by atoms with van der Waals surface area (Å²) >= 11 is 6.54. The predicted molar refractivity (Wildman–Crippen MR) is 194 cm³/mol. The lowest BCUT2D eigenvalue weighted by Crippen LogP contribution is -2.35. The molecule has 2 aliphatic carbocycles. The maximum Gasteiger partial charge on any atom is 0.435 e. The topological polar surface area (TPSA) is 144 Å². The summed E-state index contributed by atoms with van der Waals surface area (Å²) in [6.45, 7) is -1.31. The highest BCUT2D eigenvalue weighted by Crippen LogP contribution is 2.68.